The molecule has 1 fully saturated rings. The molecule has 0 saturated heterocycles. The van der Waals surface area contributed by atoms with Crippen LogP contribution in [-0.2, 0) is 0 Å². The Morgan fingerprint density at radius 2 is 1.96 bits per heavy atom. The molecule has 0 radical (unpaired) electrons. The maximum atomic E-state index is 12.5. The highest BCUT2D eigenvalue weighted by atomic mass is 35.5. The lowest BCUT2D eigenvalue weighted by Gasteiger charge is -2.16. The van der Waals surface area contributed by atoms with E-state index in [-0.39, 0.29) is 18.1 Å². The fourth-order valence-corrected chi connectivity index (χ4v) is 3.52. The summed E-state index contributed by atoms with van der Waals surface area (Å²) in [5.41, 5.74) is 2.33. The monoisotopic (exact) mass is 382 g/mol. The molecule has 0 heterocycles. The van der Waals surface area contributed by atoms with Crippen molar-refractivity contribution in [2.24, 2.45) is 0 Å². The fourth-order valence-electron chi connectivity index (χ4n) is 3.31. The number of carbonyl (C=O) groups is 1. The van der Waals surface area contributed by atoms with Gasteiger partial charge in [0.2, 0.25) is 5.69 Å². The summed E-state index contributed by atoms with van der Waals surface area (Å²) in [5.74, 6) is 1.07. The number of nitrogens with one attached hydrogen (secondary N) is 1. The van der Waals surface area contributed by atoms with Crippen molar-refractivity contribution in [3.05, 3.63) is 70.0 Å². The van der Waals surface area contributed by atoms with E-state index in [0.29, 0.717) is 27.9 Å². The molecule has 5 heteroatoms. The van der Waals surface area contributed by atoms with Crippen molar-refractivity contribution in [2.45, 2.75) is 51.2 Å². The van der Waals surface area contributed by atoms with Crippen LogP contribution in [0.15, 0.2) is 42.5 Å². The molecular weight excluding hydrogens is 360 g/mol. The number of amides is 1. The van der Waals surface area contributed by atoms with Crippen LogP contribution in [0.2, 0.25) is 5.02 Å². The van der Waals surface area contributed by atoms with Crippen LogP contribution in [0.25, 0.3) is 4.85 Å². The Bertz CT molecular complexity index is 856. The topological polar surface area (TPSA) is 42.7 Å². The molecule has 2 aromatic rings. The SMILES string of the molecule is [C-]#[N+]c1ccc(O[C@@H]2CC[C@H](NC(=O)c3ccc(C(C)C)cc3)C2)cc1Cl. The maximum Gasteiger partial charge on any atom is 0.251 e. The molecule has 1 saturated carbocycles. The van der Waals surface area contributed by atoms with E-state index in [1.807, 2.05) is 24.3 Å². The van der Waals surface area contributed by atoms with Gasteiger partial charge in [0.1, 0.15) is 11.9 Å². The Hall–Kier alpha value is -2.51. The summed E-state index contributed by atoms with van der Waals surface area (Å²) >= 11 is 6.06. The predicted octanol–water partition coefficient (Wildman–Crippen LogP) is 5.74. The Labute approximate surface area is 165 Å². The van der Waals surface area contributed by atoms with Crippen molar-refractivity contribution in [3.63, 3.8) is 0 Å². The molecule has 0 spiro atoms. The summed E-state index contributed by atoms with van der Waals surface area (Å²) in [5, 5.41) is 3.50. The molecule has 1 amide bonds. The molecule has 1 aliphatic rings. The molecule has 0 aliphatic heterocycles. The first-order valence-electron chi connectivity index (χ1n) is 9.20. The largest absolute Gasteiger partial charge is 0.490 e. The number of hydrogen-bond acceptors (Lipinski definition) is 2. The number of ether oxygens (including phenoxy) is 1. The molecule has 1 aliphatic carbocycles. The smallest absolute Gasteiger partial charge is 0.251 e. The third kappa shape index (κ3) is 4.81. The van der Waals surface area contributed by atoms with Gasteiger partial charge in [-0.2, -0.15) is 0 Å². The van der Waals surface area contributed by atoms with E-state index in [1.54, 1.807) is 18.2 Å². The van der Waals surface area contributed by atoms with Crippen molar-refractivity contribution < 1.29 is 9.53 Å². The lowest BCUT2D eigenvalue weighted by Crippen LogP contribution is -2.33. The predicted molar refractivity (Wildman–Crippen MR) is 108 cm³/mol. The second-order valence-corrected chi connectivity index (χ2v) is 7.63. The number of halogens is 1. The lowest BCUT2D eigenvalue weighted by molar-refractivity contribution is 0.0935. The summed E-state index contributed by atoms with van der Waals surface area (Å²) in [4.78, 5) is 15.8. The Balaban J connectivity index is 1.54. The van der Waals surface area contributed by atoms with Crippen LogP contribution >= 0.6 is 11.6 Å². The Kier molecular flexibility index (Phi) is 6.03. The molecule has 27 heavy (non-hydrogen) atoms. The van der Waals surface area contributed by atoms with Crippen LogP contribution in [0, 0.1) is 6.57 Å². The molecule has 0 unspecified atom stereocenters. The van der Waals surface area contributed by atoms with Crippen molar-refractivity contribution in [2.75, 3.05) is 0 Å². The van der Waals surface area contributed by atoms with Crippen LogP contribution < -0.4 is 10.1 Å². The molecular formula is C22H23ClN2O2. The molecule has 2 aromatic carbocycles. The van der Waals surface area contributed by atoms with E-state index in [1.165, 1.54) is 5.56 Å². The molecule has 140 valence electrons. The van der Waals surface area contributed by atoms with Crippen molar-refractivity contribution in [1.29, 1.82) is 0 Å². The van der Waals surface area contributed by atoms with Gasteiger partial charge >= 0.3 is 0 Å². The first kappa shape index (κ1) is 19.3. The first-order valence-corrected chi connectivity index (χ1v) is 9.58. The highest BCUT2D eigenvalue weighted by molar-refractivity contribution is 6.33. The third-order valence-corrected chi connectivity index (χ3v) is 5.20. The van der Waals surface area contributed by atoms with E-state index >= 15 is 0 Å². The van der Waals surface area contributed by atoms with Gasteiger partial charge in [0.15, 0.2) is 0 Å². The number of carbonyl (C=O) groups excluding carboxylic acids is 1. The zero-order valence-corrected chi connectivity index (χ0v) is 16.3. The second-order valence-electron chi connectivity index (χ2n) is 7.23. The van der Waals surface area contributed by atoms with Crippen LogP contribution in [-0.4, -0.2) is 18.1 Å². The van der Waals surface area contributed by atoms with Crippen molar-refractivity contribution >= 4 is 23.2 Å². The first-order chi connectivity index (χ1) is 13.0. The minimum absolute atomic E-state index is 0.0356. The van der Waals surface area contributed by atoms with Gasteiger partial charge in [-0.05, 0) is 48.6 Å². The normalized spacial score (nSPS) is 18.9. The Morgan fingerprint density at radius 3 is 2.59 bits per heavy atom. The second kappa shape index (κ2) is 8.45. The maximum absolute atomic E-state index is 12.5. The van der Waals surface area contributed by atoms with Crippen LogP contribution in [0.1, 0.15) is 54.9 Å². The van der Waals surface area contributed by atoms with Crippen LogP contribution in [0.4, 0.5) is 5.69 Å². The van der Waals surface area contributed by atoms with E-state index in [2.05, 4.69) is 24.0 Å². The quantitative estimate of drug-likeness (QED) is 0.669. The lowest BCUT2D eigenvalue weighted by atomic mass is 10.0. The van der Waals surface area contributed by atoms with Crippen molar-refractivity contribution in [1.82, 2.24) is 5.32 Å². The number of hydrogen-bond donors (Lipinski definition) is 1. The highest BCUT2D eigenvalue weighted by Crippen LogP contribution is 2.31. The standard InChI is InChI=1S/C22H23ClN2O2/c1-14(2)15-4-6-16(7-5-15)22(26)25-17-8-9-18(12-17)27-19-10-11-21(24-3)20(23)13-19/h4-7,10-11,13-14,17-18H,8-9,12H2,1-2H3,(H,25,26)/t17-,18+/m0/s1. The number of rotatable bonds is 5. The van der Waals surface area contributed by atoms with Gasteiger partial charge in [0.25, 0.3) is 5.91 Å². The Morgan fingerprint density at radius 1 is 1.22 bits per heavy atom. The molecule has 1 N–H and O–H groups in total. The zero-order chi connectivity index (χ0) is 19.4. The van der Waals surface area contributed by atoms with Gasteiger partial charge in [-0.25, -0.2) is 4.85 Å². The number of benzene rings is 2. The van der Waals surface area contributed by atoms with Gasteiger partial charge < -0.3 is 10.1 Å². The molecule has 3 rings (SSSR count). The summed E-state index contributed by atoms with van der Waals surface area (Å²) in [6, 6.07) is 13.0. The highest BCUT2D eigenvalue weighted by Gasteiger charge is 2.27. The molecule has 4 nitrogen and oxygen atoms in total. The van der Waals surface area contributed by atoms with Gasteiger partial charge in [0.05, 0.1) is 11.6 Å². The summed E-state index contributed by atoms with van der Waals surface area (Å²) < 4.78 is 5.98. The third-order valence-electron chi connectivity index (χ3n) is 4.90. The van der Waals surface area contributed by atoms with E-state index < -0.39 is 0 Å². The molecule has 2 atom stereocenters. The van der Waals surface area contributed by atoms with Gasteiger partial charge in [-0.3, -0.25) is 4.79 Å². The van der Waals surface area contributed by atoms with Gasteiger partial charge in [-0.15, -0.1) is 0 Å². The average Bonchev–Trinajstić information content (AvgIpc) is 3.08. The summed E-state index contributed by atoms with van der Waals surface area (Å²) in [7, 11) is 0. The van der Waals surface area contributed by atoms with Crippen LogP contribution in [0.3, 0.4) is 0 Å². The fraction of sp³-hybridized carbons (Fsp3) is 0.364. The molecule has 0 aromatic heterocycles. The van der Waals surface area contributed by atoms with Crippen LogP contribution in [0.5, 0.6) is 5.75 Å². The summed E-state index contributed by atoms with van der Waals surface area (Å²) in [6.07, 6.45) is 2.56. The number of nitrogens with zero attached hydrogens (tertiary/aromatic N) is 1. The van der Waals surface area contributed by atoms with E-state index in [0.717, 1.165) is 19.3 Å². The molecule has 0 bridgehead atoms. The van der Waals surface area contributed by atoms with Gasteiger partial charge in [-0.1, -0.05) is 43.6 Å². The van der Waals surface area contributed by atoms with Crippen molar-refractivity contribution in [3.8, 4) is 5.75 Å². The minimum atomic E-state index is -0.0413. The minimum Gasteiger partial charge on any atom is -0.490 e. The summed E-state index contributed by atoms with van der Waals surface area (Å²) in [6.45, 7) is 11.3. The zero-order valence-electron chi connectivity index (χ0n) is 15.5. The van der Waals surface area contributed by atoms with E-state index in [9.17, 15) is 4.79 Å². The van der Waals surface area contributed by atoms with Gasteiger partial charge in [0, 0.05) is 18.0 Å². The average molecular weight is 383 g/mol. The van der Waals surface area contributed by atoms with E-state index in [4.69, 9.17) is 22.9 Å².